The minimum absolute atomic E-state index is 0.133. The van der Waals surface area contributed by atoms with Gasteiger partial charge in [0.1, 0.15) is 63.4 Å². The summed E-state index contributed by atoms with van der Waals surface area (Å²) in [5, 5.41) is 2.33. The Morgan fingerprint density at radius 2 is 0.603 bits per heavy atom. The molecule has 2 aliphatic rings. The van der Waals surface area contributed by atoms with Crippen LogP contribution >= 0.6 is 0 Å². The fourth-order valence-electron chi connectivity index (χ4n) is 15.1. The number of rotatable bonds is 15. The first-order chi connectivity index (χ1) is 61.2. The number of hydrogen-bond donors (Lipinski definition) is 0. The van der Waals surface area contributed by atoms with Crippen molar-refractivity contribution >= 4 is 16.5 Å². The SMILES string of the molecule is CC(C)(C)CCCOc1ccccc1.CC(C)(C)N1CCN(Cc2ccc(F)cc2)CC1.CC(C)(C)c1ccc(N2CCN(C(C)(C)C)CC2)cc1.CC(C)(C)c1ccc(Oc2ccc(F)cc2)cc1.CC(C)(C)c1ccc(Oc2cccc3ccccc23)cc1.Cc1cc(Oc2ccc(C(C)(C)C)cc2)cc(C)c1C.Cc1cc(Oc2ccc(C(C)(C)C)cc2)cc(C)c1C. The molecule has 9 nitrogen and oxygen atoms in total. The molecule has 0 aliphatic carbocycles. The molecule has 12 aromatic carbocycles. The minimum atomic E-state index is -0.259. The fourth-order valence-corrected chi connectivity index (χ4v) is 15.1. The molecular formula is C120H158F2N4O5. The summed E-state index contributed by atoms with van der Waals surface area (Å²) in [5.41, 5.74) is 18.8. The van der Waals surface area contributed by atoms with Gasteiger partial charge in [0.15, 0.2) is 0 Å². The Kier molecular flexibility index (Phi) is 38.1. The number of hydrogen-bond acceptors (Lipinski definition) is 9. The molecule has 2 aliphatic heterocycles. The van der Waals surface area contributed by atoms with E-state index in [-0.39, 0.29) is 44.2 Å². The second-order valence-electron chi connectivity index (χ2n) is 43.6. The average molecular weight is 1770 g/mol. The average Bonchev–Trinajstić information content (AvgIpc) is 0.803. The van der Waals surface area contributed by atoms with Crippen molar-refractivity contribution in [3.63, 3.8) is 0 Å². The summed E-state index contributed by atoms with van der Waals surface area (Å²) < 4.78 is 54.8. The third-order valence-corrected chi connectivity index (χ3v) is 24.2. The Morgan fingerprint density at radius 3 is 0.962 bits per heavy atom. The lowest BCUT2D eigenvalue weighted by Gasteiger charge is -2.43. The fraction of sp³-hybridized carbons (Fsp3) is 0.417. The molecule has 0 unspecified atom stereocenters. The quantitative estimate of drug-likeness (QED) is 0.0934. The van der Waals surface area contributed by atoms with Crippen molar-refractivity contribution in [2.24, 2.45) is 5.41 Å². The molecule has 0 saturated carbocycles. The summed E-state index contributed by atoms with van der Waals surface area (Å²) in [7, 11) is 0. The first kappa shape index (κ1) is 106. The van der Waals surface area contributed by atoms with Crippen LogP contribution in [0.15, 0.2) is 267 Å². The van der Waals surface area contributed by atoms with Gasteiger partial charge in [0.2, 0.25) is 0 Å². The van der Waals surface area contributed by atoms with Gasteiger partial charge in [-0.05, 0) is 340 Å². The van der Waals surface area contributed by atoms with Crippen molar-refractivity contribution in [3.05, 3.63) is 345 Å². The van der Waals surface area contributed by atoms with Gasteiger partial charge in [-0.1, -0.05) is 252 Å². The summed E-state index contributed by atoms with van der Waals surface area (Å²) >= 11 is 0. The van der Waals surface area contributed by atoms with Crippen LogP contribution in [0.4, 0.5) is 14.5 Å². The Balaban J connectivity index is 0.000000189. The van der Waals surface area contributed by atoms with Crippen LogP contribution in [0.25, 0.3) is 10.8 Å². The predicted molar refractivity (Wildman–Crippen MR) is 555 cm³/mol. The summed E-state index contributed by atoms with van der Waals surface area (Å²) in [6.07, 6.45) is 2.33. The van der Waals surface area contributed by atoms with Crippen molar-refractivity contribution in [3.8, 4) is 51.7 Å². The van der Waals surface area contributed by atoms with E-state index in [1.165, 1.54) is 96.4 Å². The highest BCUT2D eigenvalue weighted by molar-refractivity contribution is 5.88. The summed E-state index contributed by atoms with van der Waals surface area (Å²) in [6.45, 7) is 77.3. The Labute approximate surface area is 790 Å². The molecule has 702 valence electrons. The van der Waals surface area contributed by atoms with E-state index < -0.39 is 0 Å². The van der Waals surface area contributed by atoms with E-state index in [1.807, 2.05) is 115 Å². The van der Waals surface area contributed by atoms with Crippen LogP contribution in [-0.2, 0) is 33.6 Å². The van der Waals surface area contributed by atoms with Crippen molar-refractivity contribution in [2.75, 3.05) is 63.9 Å². The molecule has 0 amide bonds. The van der Waals surface area contributed by atoms with Gasteiger partial charge in [0, 0.05) is 81.1 Å². The van der Waals surface area contributed by atoms with Crippen LogP contribution in [0.1, 0.15) is 246 Å². The molecule has 2 fully saturated rings. The number of aryl methyl sites for hydroxylation is 4. The Bertz CT molecular complexity index is 5240. The normalized spacial score (nSPS) is 13.6. The van der Waals surface area contributed by atoms with Crippen LogP contribution in [0.2, 0.25) is 0 Å². The monoisotopic (exact) mass is 1770 g/mol. The lowest BCUT2D eigenvalue weighted by molar-refractivity contribution is 0.0591. The predicted octanol–water partition coefficient (Wildman–Crippen LogP) is 32.8. The van der Waals surface area contributed by atoms with Gasteiger partial charge in [-0.3, -0.25) is 14.7 Å². The van der Waals surface area contributed by atoms with Gasteiger partial charge in [-0.2, -0.15) is 0 Å². The minimum Gasteiger partial charge on any atom is -0.494 e. The van der Waals surface area contributed by atoms with Gasteiger partial charge in [0.05, 0.1) is 6.61 Å². The van der Waals surface area contributed by atoms with Crippen LogP contribution < -0.4 is 28.6 Å². The molecule has 2 saturated heterocycles. The molecular weight excluding hydrogens is 1620 g/mol. The van der Waals surface area contributed by atoms with Crippen molar-refractivity contribution in [2.45, 2.75) is 265 Å². The number of piperazine rings is 2. The molecule has 11 heteroatoms. The zero-order valence-corrected chi connectivity index (χ0v) is 85.5. The number of halogens is 2. The molecule has 0 bridgehead atoms. The topological polar surface area (TPSA) is 59.1 Å². The third kappa shape index (κ3) is 35.8. The smallest absolute Gasteiger partial charge is 0.135 e. The zero-order valence-electron chi connectivity index (χ0n) is 85.5. The first-order valence-electron chi connectivity index (χ1n) is 47.3. The molecule has 0 spiro atoms. The number of nitrogens with zero attached hydrogens (tertiary/aromatic N) is 4. The van der Waals surface area contributed by atoms with Crippen LogP contribution in [-0.4, -0.2) is 84.7 Å². The van der Waals surface area contributed by atoms with Gasteiger partial charge < -0.3 is 28.6 Å². The van der Waals surface area contributed by atoms with E-state index in [0.717, 1.165) is 123 Å². The van der Waals surface area contributed by atoms with E-state index in [4.69, 9.17) is 23.7 Å². The Hall–Kier alpha value is -10.6. The molecule has 12 aromatic rings. The summed E-state index contributed by atoms with van der Waals surface area (Å²) in [4.78, 5) is 10.0. The van der Waals surface area contributed by atoms with Gasteiger partial charge in [0.25, 0.3) is 0 Å². The van der Waals surface area contributed by atoms with Gasteiger partial charge in [-0.15, -0.1) is 0 Å². The maximum Gasteiger partial charge on any atom is 0.135 e. The lowest BCUT2D eigenvalue weighted by Crippen LogP contribution is -2.53. The number of benzene rings is 12. The van der Waals surface area contributed by atoms with E-state index >= 15 is 0 Å². The maximum atomic E-state index is 12.8. The molecule has 0 radical (unpaired) electrons. The summed E-state index contributed by atoms with van der Waals surface area (Å²) in [6, 6.07) is 87.9. The highest BCUT2D eigenvalue weighted by Gasteiger charge is 2.29. The van der Waals surface area contributed by atoms with Crippen LogP contribution in [0.3, 0.4) is 0 Å². The standard InChI is InChI=1S/C20H20O.2C19H24O.C18H30N2.C16H17FO.C15H23FN2.C13H20O/c1-20(2,3)16-11-13-17(14-12-16)21-19-10-6-8-15-7-4-5-9-18(15)19;2*1-13-11-18(12-14(2)15(13)3)20-17-9-7-16(8-10-17)19(4,5)6;1-17(2,3)15-7-9-16(10-8-15)19-11-13-20(14-12-19)18(4,5)6;1-16(2,3)12-4-8-14(9-5-12)18-15-10-6-13(17)7-11-15;1-15(2,3)18-10-8-17(9-11-18)12-13-4-6-14(16)7-5-13;1-13(2,3)10-7-11-14-12-8-5-4-6-9-12/h4-14H,1-3H3;2*7-12H,1-6H3;7-10H,11-14H2,1-6H3;4-11H,1-3H3;4-7H,8-12H2,1-3H3;4-6,8-9H,7,10-11H2,1-3H3. The van der Waals surface area contributed by atoms with E-state index in [0.29, 0.717) is 16.7 Å². The molecule has 0 N–H and O–H groups in total. The molecule has 131 heavy (non-hydrogen) atoms. The zero-order chi connectivity index (χ0) is 96.5. The highest BCUT2D eigenvalue weighted by atomic mass is 19.1. The second kappa shape index (κ2) is 47.2. The molecule has 0 aromatic heterocycles. The van der Waals surface area contributed by atoms with Gasteiger partial charge in [-0.25, -0.2) is 8.78 Å². The molecule has 2 heterocycles. The van der Waals surface area contributed by atoms with E-state index in [9.17, 15) is 8.78 Å². The van der Waals surface area contributed by atoms with Crippen molar-refractivity contribution in [1.82, 2.24) is 14.7 Å². The highest BCUT2D eigenvalue weighted by Crippen LogP contribution is 2.37. The first-order valence-corrected chi connectivity index (χ1v) is 47.3. The maximum absolute atomic E-state index is 12.8. The van der Waals surface area contributed by atoms with Crippen LogP contribution in [0, 0.1) is 58.6 Å². The largest absolute Gasteiger partial charge is 0.494 e. The van der Waals surface area contributed by atoms with Crippen molar-refractivity contribution < 1.29 is 32.5 Å². The third-order valence-electron chi connectivity index (χ3n) is 24.2. The number of para-hydroxylation sites is 1. The lowest BCUT2D eigenvalue weighted by atomic mass is 9.87. The second-order valence-corrected chi connectivity index (χ2v) is 43.6. The van der Waals surface area contributed by atoms with E-state index in [2.05, 4.69) is 343 Å². The number of fused-ring (bicyclic) bond motifs is 1. The molecule has 14 rings (SSSR count). The Morgan fingerprint density at radius 1 is 0.290 bits per heavy atom. The van der Waals surface area contributed by atoms with Gasteiger partial charge >= 0.3 is 0 Å². The van der Waals surface area contributed by atoms with E-state index in [1.54, 1.807) is 24.3 Å². The number of ether oxygens (including phenoxy) is 5. The van der Waals surface area contributed by atoms with Crippen molar-refractivity contribution in [1.29, 1.82) is 0 Å². The molecule has 0 atom stereocenters. The number of anilines is 1. The van der Waals surface area contributed by atoms with Crippen LogP contribution in [0.5, 0.6) is 51.7 Å². The summed E-state index contributed by atoms with van der Waals surface area (Å²) in [5.74, 6) is 7.33.